The molecule has 2 atom stereocenters. The second kappa shape index (κ2) is 5.16. The van der Waals surface area contributed by atoms with E-state index in [-0.39, 0.29) is 6.04 Å². The number of nitrogens with two attached hydrogens (primary N) is 1. The van der Waals surface area contributed by atoms with Crippen LogP contribution >= 0.6 is 0 Å². The Morgan fingerprint density at radius 3 is 1.93 bits per heavy atom. The third-order valence-corrected chi connectivity index (χ3v) is 2.99. The van der Waals surface area contributed by atoms with Crippen LogP contribution in [0, 0.1) is 0 Å². The molecule has 0 aliphatic heterocycles. The van der Waals surface area contributed by atoms with Crippen molar-refractivity contribution in [1.29, 1.82) is 0 Å². The van der Waals surface area contributed by atoms with Gasteiger partial charge in [-0.3, -0.25) is 0 Å². The highest BCUT2D eigenvalue weighted by Gasteiger charge is 2.05. The predicted molar refractivity (Wildman–Crippen MR) is 62.4 cm³/mol. The van der Waals surface area contributed by atoms with Crippen LogP contribution in [-0.2, 0) is 0 Å². The van der Waals surface area contributed by atoms with Crippen molar-refractivity contribution < 1.29 is 0 Å². The zero-order valence-electron chi connectivity index (χ0n) is 9.46. The summed E-state index contributed by atoms with van der Waals surface area (Å²) < 4.78 is 0. The second-order valence-electron chi connectivity index (χ2n) is 3.99. The Kier molecular flexibility index (Phi) is 4.15. The molecule has 1 aromatic rings. The molecule has 0 saturated carbocycles. The van der Waals surface area contributed by atoms with Crippen LogP contribution in [0.2, 0.25) is 0 Å². The highest BCUT2D eigenvalue weighted by atomic mass is 14.6. The molecule has 0 aliphatic carbocycles. The fourth-order valence-electron chi connectivity index (χ4n) is 1.54. The second-order valence-corrected chi connectivity index (χ2v) is 3.99. The van der Waals surface area contributed by atoms with E-state index in [2.05, 4.69) is 45.0 Å². The Hall–Kier alpha value is -0.820. The summed E-state index contributed by atoms with van der Waals surface area (Å²) >= 11 is 0. The average Bonchev–Trinajstić information content (AvgIpc) is 2.27. The molecule has 0 heterocycles. The van der Waals surface area contributed by atoms with E-state index in [9.17, 15) is 0 Å². The zero-order valence-corrected chi connectivity index (χ0v) is 9.46. The minimum atomic E-state index is 0.195. The summed E-state index contributed by atoms with van der Waals surface area (Å²) in [5.41, 5.74) is 8.62. The standard InChI is InChI=1S/C13H21N/c1-4-10(3)11-6-8-12(9-7-11)13(14)5-2/h6-10,13H,4-5,14H2,1-3H3/t10-,13+/m0/s1. The molecule has 78 valence electrons. The first kappa shape index (κ1) is 11.3. The first-order valence-corrected chi connectivity index (χ1v) is 5.54. The van der Waals surface area contributed by atoms with Crippen molar-refractivity contribution in [2.24, 2.45) is 5.73 Å². The Labute approximate surface area is 87.3 Å². The van der Waals surface area contributed by atoms with Gasteiger partial charge in [0.15, 0.2) is 0 Å². The molecule has 14 heavy (non-hydrogen) atoms. The number of rotatable bonds is 4. The van der Waals surface area contributed by atoms with Gasteiger partial charge in [0.25, 0.3) is 0 Å². The summed E-state index contributed by atoms with van der Waals surface area (Å²) in [5.74, 6) is 0.655. The van der Waals surface area contributed by atoms with E-state index < -0.39 is 0 Å². The van der Waals surface area contributed by atoms with E-state index in [0.717, 1.165) is 6.42 Å². The molecule has 0 amide bonds. The molecule has 0 unspecified atom stereocenters. The molecule has 0 spiro atoms. The normalized spacial score (nSPS) is 15.1. The molecule has 0 aliphatic rings. The van der Waals surface area contributed by atoms with Gasteiger partial charge in [0.2, 0.25) is 0 Å². The summed E-state index contributed by atoms with van der Waals surface area (Å²) in [6.07, 6.45) is 2.20. The van der Waals surface area contributed by atoms with Crippen LogP contribution in [0.1, 0.15) is 56.7 Å². The molecular formula is C13H21N. The molecule has 0 fully saturated rings. The van der Waals surface area contributed by atoms with E-state index >= 15 is 0 Å². The lowest BCUT2D eigenvalue weighted by molar-refractivity contribution is 0.694. The Morgan fingerprint density at radius 2 is 1.50 bits per heavy atom. The third kappa shape index (κ3) is 2.58. The molecule has 0 radical (unpaired) electrons. The maximum atomic E-state index is 5.95. The molecule has 1 heteroatoms. The third-order valence-electron chi connectivity index (χ3n) is 2.99. The summed E-state index contributed by atoms with van der Waals surface area (Å²) in [5, 5.41) is 0. The highest BCUT2D eigenvalue weighted by molar-refractivity contribution is 5.26. The average molecular weight is 191 g/mol. The topological polar surface area (TPSA) is 26.0 Å². The van der Waals surface area contributed by atoms with Crippen molar-refractivity contribution in [3.8, 4) is 0 Å². The van der Waals surface area contributed by atoms with Crippen LogP contribution in [-0.4, -0.2) is 0 Å². The van der Waals surface area contributed by atoms with E-state index in [1.807, 2.05) is 0 Å². The number of benzene rings is 1. The van der Waals surface area contributed by atoms with E-state index in [1.54, 1.807) is 0 Å². The van der Waals surface area contributed by atoms with Gasteiger partial charge in [-0.1, -0.05) is 45.0 Å². The Morgan fingerprint density at radius 1 is 1.00 bits per heavy atom. The first-order chi connectivity index (χ1) is 6.69. The summed E-state index contributed by atoms with van der Waals surface area (Å²) in [7, 11) is 0. The minimum Gasteiger partial charge on any atom is -0.324 e. The highest BCUT2D eigenvalue weighted by Crippen LogP contribution is 2.21. The predicted octanol–water partition coefficient (Wildman–Crippen LogP) is 3.61. The molecule has 0 aromatic heterocycles. The van der Waals surface area contributed by atoms with Gasteiger partial charge in [0.1, 0.15) is 0 Å². The van der Waals surface area contributed by atoms with Crippen molar-refractivity contribution in [3.05, 3.63) is 35.4 Å². The van der Waals surface area contributed by atoms with Gasteiger partial charge in [0.05, 0.1) is 0 Å². The fourth-order valence-corrected chi connectivity index (χ4v) is 1.54. The van der Waals surface area contributed by atoms with Crippen molar-refractivity contribution >= 4 is 0 Å². The maximum Gasteiger partial charge on any atom is 0.0292 e. The lowest BCUT2D eigenvalue weighted by Crippen LogP contribution is -2.08. The monoisotopic (exact) mass is 191 g/mol. The lowest BCUT2D eigenvalue weighted by atomic mass is 9.96. The van der Waals surface area contributed by atoms with Crippen molar-refractivity contribution in [3.63, 3.8) is 0 Å². The maximum absolute atomic E-state index is 5.95. The summed E-state index contributed by atoms with van der Waals surface area (Å²) in [4.78, 5) is 0. The van der Waals surface area contributed by atoms with E-state index in [0.29, 0.717) is 5.92 Å². The lowest BCUT2D eigenvalue weighted by Gasteiger charge is -2.12. The molecule has 0 bridgehead atoms. The van der Waals surface area contributed by atoms with Crippen molar-refractivity contribution in [2.45, 2.75) is 45.6 Å². The van der Waals surface area contributed by atoms with Gasteiger partial charge >= 0.3 is 0 Å². The first-order valence-electron chi connectivity index (χ1n) is 5.54. The minimum absolute atomic E-state index is 0.195. The Bertz CT molecular complexity index is 234. The zero-order chi connectivity index (χ0) is 10.6. The van der Waals surface area contributed by atoms with Crippen LogP contribution in [0.5, 0.6) is 0 Å². The van der Waals surface area contributed by atoms with Crippen LogP contribution in [0.25, 0.3) is 0 Å². The largest absolute Gasteiger partial charge is 0.324 e. The molecule has 1 nitrogen and oxygen atoms in total. The quantitative estimate of drug-likeness (QED) is 0.773. The van der Waals surface area contributed by atoms with E-state index in [1.165, 1.54) is 17.5 Å². The van der Waals surface area contributed by atoms with Gasteiger partial charge in [-0.15, -0.1) is 0 Å². The number of hydrogen-bond acceptors (Lipinski definition) is 1. The van der Waals surface area contributed by atoms with Gasteiger partial charge in [-0.05, 0) is 29.9 Å². The fraction of sp³-hybridized carbons (Fsp3) is 0.538. The van der Waals surface area contributed by atoms with Gasteiger partial charge in [0, 0.05) is 6.04 Å². The van der Waals surface area contributed by atoms with Gasteiger partial charge in [-0.25, -0.2) is 0 Å². The summed E-state index contributed by atoms with van der Waals surface area (Å²) in [6.45, 7) is 6.60. The van der Waals surface area contributed by atoms with Crippen LogP contribution in [0.4, 0.5) is 0 Å². The molecule has 0 saturated heterocycles. The molecule has 1 rings (SSSR count). The van der Waals surface area contributed by atoms with Gasteiger partial charge in [-0.2, -0.15) is 0 Å². The SMILES string of the molecule is CC[C@@H](N)c1ccc([C@@H](C)CC)cc1. The summed E-state index contributed by atoms with van der Waals surface area (Å²) in [6, 6.07) is 8.93. The van der Waals surface area contributed by atoms with Crippen molar-refractivity contribution in [2.75, 3.05) is 0 Å². The molecular weight excluding hydrogens is 170 g/mol. The smallest absolute Gasteiger partial charge is 0.0292 e. The van der Waals surface area contributed by atoms with Crippen molar-refractivity contribution in [1.82, 2.24) is 0 Å². The number of hydrogen-bond donors (Lipinski definition) is 1. The van der Waals surface area contributed by atoms with Crippen LogP contribution in [0.3, 0.4) is 0 Å². The van der Waals surface area contributed by atoms with Crippen LogP contribution in [0.15, 0.2) is 24.3 Å². The molecule has 1 aromatic carbocycles. The Balaban J connectivity index is 2.78. The van der Waals surface area contributed by atoms with Gasteiger partial charge < -0.3 is 5.73 Å². The van der Waals surface area contributed by atoms with Crippen LogP contribution < -0.4 is 5.73 Å². The van der Waals surface area contributed by atoms with E-state index in [4.69, 9.17) is 5.73 Å². The molecule has 2 N–H and O–H groups in total.